The standard InChI is InChI=1S/C12H26N4O/c1-10(9-17-4)15-12(13-2)14-8-11-6-5-7-16(11)3/h10-11H,5-9H2,1-4H3,(H2,13,14,15). The predicted octanol–water partition coefficient (Wildman–Crippen LogP) is 0.281. The normalized spacial score (nSPS) is 23.8. The molecule has 0 bridgehead atoms. The summed E-state index contributed by atoms with van der Waals surface area (Å²) in [5, 5.41) is 6.67. The van der Waals surface area contributed by atoms with Crippen molar-refractivity contribution >= 4 is 5.96 Å². The van der Waals surface area contributed by atoms with Crippen LogP contribution >= 0.6 is 0 Å². The minimum absolute atomic E-state index is 0.271. The number of guanidine groups is 1. The number of hydrogen-bond acceptors (Lipinski definition) is 3. The van der Waals surface area contributed by atoms with Crippen molar-refractivity contribution < 1.29 is 4.74 Å². The SMILES string of the molecule is CN=C(NCC1CCCN1C)NC(C)COC. The third-order valence-corrected chi connectivity index (χ3v) is 3.20. The van der Waals surface area contributed by atoms with Gasteiger partial charge in [-0.1, -0.05) is 0 Å². The van der Waals surface area contributed by atoms with E-state index in [1.54, 1.807) is 14.2 Å². The molecule has 2 unspecified atom stereocenters. The van der Waals surface area contributed by atoms with Gasteiger partial charge in [-0.15, -0.1) is 0 Å². The molecule has 0 aromatic heterocycles. The lowest BCUT2D eigenvalue weighted by Crippen LogP contribution is -2.47. The van der Waals surface area contributed by atoms with E-state index < -0.39 is 0 Å². The van der Waals surface area contributed by atoms with E-state index in [0.29, 0.717) is 12.6 Å². The molecule has 1 aliphatic rings. The van der Waals surface area contributed by atoms with Crippen molar-refractivity contribution in [2.75, 3.05) is 40.9 Å². The second kappa shape index (κ2) is 7.50. The van der Waals surface area contributed by atoms with Gasteiger partial charge in [0.1, 0.15) is 0 Å². The van der Waals surface area contributed by atoms with Gasteiger partial charge in [-0.05, 0) is 33.4 Å². The fraction of sp³-hybridized carbons (Fsp3) is 0.917. The summed E-state index contributed by atoms with van der Waals surface area (Å²) in [5.41, 5.74) is 0. The Labute approximate surface area is 105 Å². The quantitative estimate of drug-likeness (QED) is 0.537. The van der Waals surface area contributed by atoms with E-state index in [2.05, 4.69) is 34.5 Å². The van der Waals surface area contributed by atoms with Crippen LogP contribution in [0.15, 0.2) is 4.99 Å². The molecule has 1 rings (SSSR count). The highest BCUT2D eigenvalue weighted by molar-refractivity contribution is 5.79. The van der Waals surface area contributed by atoms with Gasteiger partial charge in [-0.3, -0.25) is 4.99 Å². The Morgan fingerprint density at radius 2 is 2.35 bits per heavy atom. The molecule has 0 aromatic carbocycles. The molecule has 0 aromatic rings. The van der Waals surface area contributed by atoms with Crippen LogP contribution in [0.25, 0.3) is 0 Å². The number of likely N-dealkylation sites (tertiary alicyclic amines) is 1. The Hall–Kier alpha value is -0.810. The first-order chi connectivity index (χ1) is 8.17. The van der Waals surface area contributed by atoms with Crippen molar-refractivity contribution in [2.45, 2.75) is 31.8 Å². The number of methoxy groups -OCH3 is 1. The molecule has 0 saturated carbocycles. The van der Waals surface area contributed by atoms with Crippen molar-refractivity contribution in [1.29, 1.82) is 0 Å². The largest absolute Gasteiger partial charge is 0.383 e. The van der Waals surface area contributed by atoms with Gasteiger partial charge in [0.25, 0.3) is 0 Å². The summed E-state index contributed by atoms with van der Waals surface area (Å²) >= 11 is 0. The average molecular weight is 242 g/mol. The first-order valence-electron chi connectivity index (χ1n) is 6.33. The summed E-state index contributed by atoms with van der Waals surface area (Å²) in [7, 11) is 5.69. The maximum Gasteiger partial charge on any atom is 0.191 e. The molecule has 0 amide bonds. The van der Waals surface area contributed by atoms with Crippen LogP contribution < -0.4 is 10.6 Å². The van der Waals surface area contributed by atoms with Gasteiger partial charge in [0.15, 0.2) is 5.96 Å². The zero-order chi connectivity index (χ0) is 12.7. The van der Waals surface area contributed by atoms with E-state index in [-0.39, 0.29) is 6.04 Å². The Morgan fingerprint density at radius 1 is 1.59 bits per heavy atom. The van der Waals surface area contributed by atoms with E-state index in [0.717, 1.165) is 12.5 Å². The molecule has 5 nitrogen and oxygen atoms in total. The molecular weight excluding hydrogens is 216 g/mol. The Balaban J connectivity index is 2.27. The van der Waals surface area contributed by atoms with Gasteiger partial charge in [0.2, 0.25) is 0 Å². The van der Waals surface area contributed by atoms with Crippen molar-refractivity contribution in [3.05, 3.63) is 0 Å². The van der Waals surface area contributed by atoms with Crippen LogP contribution in [0, 0.1) is 0 Å². The van der Waals surface area contributed by atoms with Crippen LogP contribution in [0.4, 0.5) is 0 Å². The molecule has 5 heteroatoms. The van der Waals surface area contributed by atoms with Crippen LogP contribution in [-0.2, 0) is 4.74 Å². The van der Waals surface area contributed by atoms with Gasteiger partial charge >= 0.3 is 0 Å². The summed E-state index contributed by atoms with van der Waals surface area (Å²) in [4.78, 5) is 6.62. The van der Waals surface area contributed by atoms with E-state index in [9.17, 15) is 0 Å². The molecule has 2 atom stereocenters. The Bertz CT molecular complexity index is 245. The summed E-state index contributed by atoms with van der Waals surface area (Å²) in [6.07, 6.45) is 2.57. The summed E-state index contributed by atoms with van der Waals surface area (Å²) in [5.74, 6) is 0.856. The topological polar surface area (TPSA) is 48.9 Å². The predicted molar refractivity (Wildman–Crippen MR) is 71.5 cm³/mol. The third-order valence-electron chi connectivity index (χ3n) is 3.20. The second-order valence-corrected chi connectivity index (χ2v) is 4.73. The number of likely N-dealkylation sites (N-methyl/N-ethyl adjacent to an activating group) is 1. The van der Waals surface area contributed by atoms with Gasteiger partial charge in [0.05, 0.1) is 6.61 Å². The Kier molecular flexibility index (Phi) is 6.29. The summed E-state index contributed by atoms with van der Waals surface area (Å²) in [6, 6.07) is 0.902. The molecule has 100 valence electrons. The van der Waals surface area contributed by atoms with Gasteiger partial charge in [-0.25, -0.2) is 0 Å². The minimum Gasteiger partial charge on any atom is -0.383 e. The first-order valence-corrected chi connectivity index (χ1v) is 6.33. The molecule has 0 radical (unpaired) electrons. The van der Waals surface area contributed by atoms with Gasteiger partial charge in [0, 0.05) is 32.8 Å². The number of aliphatic imine (C=N–C) groups is 1. The fourth-order valence-corrected chi connectivity index (χ4v) is 2.17. The smallest absolute Gasteiger partial charge is 0.191 e. The van der Waals surface area contributed by atoms with E-state index in [4.69, 9.17) is 4.74 Å². The Morgan fingerprint density at radius 3 is 2.88 bits per heavy atom. The molecular formula is C12H26N4O. The van der Waals surface area contributed by atoms with Crippen LogP contribution in [0.1, 0.15) is 19.8 Å². The third kappa shape index (κ3) is 4.91. The van der Waals surface area contributed by atoms with Crippen LogP contribution in [0.5, 0.6) is 0 Å². The number of nitrogens with zero attached hydrogens (tertiary/aromatic N) is 2. The summed E-state index contributed by atoms with van der Waals surface area (Å²) in [6.45, 7) is 4.93. The molecule has 1 saturated heterocycles. The first kappa shape index (κ1) is 14.3. The molecule has 2 N–H and O–H groups in total. The number of ether oxygens (including phenoxy) is 1. The highest BCUT2D eigenvalue weighted by atomic mass is 16.5. The second-order valence-electron chi connectivity index (χ2n) is 4.73. The monoisotopic (exact) mass is 242 g/mol. The van der Waals surface area contributed by atoms with Crippen molar-refractivity contribution in [2.24, 2.45) is 4.99 Å². The maximum absolute atomic E-state index is 5.09. The lowest BCUT2D eigenvalue weighted by molar-refractivity contribution is 0.179. The number of hydrogen-bond donors (Lipinski definition) is 2. The number of nitrogens with one attached hydrogen (secondary N) is 2. The zero-order valence-electron chi connectivity index (χ0n) is 11.5. The summed E-state index contributed by atoms with van der Waals surface area (Å²) < 4.78 is 5.09. The molecule has 1 heterocycles. The van der Waals surface area contributed by atoms with E-state index >= 15 is 0 Å². The molecule has 0 spiro atoms. The average Bonchev–Trinajstić information content (AvgIpc) is 2.70. The minimum atomic E-state index is 0.271. The van der Waals surface area contributed by atoms with Gasteiger partial charge in [-0.2, -0.15) is 0 Å². The van der Waals surface area contributed by atoms with Crippen molar-refractivity contribution in [3.63, 3.8) is 0 Å². The molecule has 17 heavy (non-hydrogen) atoms. The van der Waals surface area contributed by atoms with Crippen molar-refractivity contribution in [3.8, 4) is 0 Å². The lowest BCUT2D eigenvalue weighted by atomic mass is 10.2. The molecule has 0 aliphatic carbocycles. The van der Waals surface area contributed by atoms with E-state index in [1.165, 1.54) is 19.4 Å². The van der Waals surface area contributed by atoms with Gasteiger partial charge < -0.3 is 20.3 Å². The number of rotatable bonds is 5. The maximum atomic E-state index is 5.09. The zero-order valence-corrected chi connectivity index (χ0v) is 11.5. The fourth-order valence-electron chi connectivity index (χ4n) is 2.17. The molecule has 1 fully saturated rings. The van der Waals surface area contributed by atoms with Crippen LogP contribution in [-0.4, -0.2) is 63.8 Å². The highest BCUT2D eigenvalue weighted by Crippen LogP contribution is 2.13. The highest BCUT2D eigenvalue weighted by Gasteiger charge is 2.20. The molecule has 1 aliphatic heterocycles. The lowest BCUT2D eigenvalue weighted by Gasteiger charge is -2.22. The van der Waals surface area contributed by atoms with Crippen LogP contribution in [0.3, 0.4) is 0 Å². The van der Waals surface area contributed by atoms with E-state index in [1.807, 2.05) is 0 Å². The van der Waals surface area contributed by atoms with Crippen molar-refractivity contribution in [1.82, 2.24) is 15.5 Å². The van der Waals surface area contributed by atoms with Crippen LogP contribution in [0.2, 0.25) is 0 Å².